The molecule has 0 bridgehead atoms. The fourth-order valence-electron chi connectivity index (χ4n) is 1.56. The van der Waals surface area contributed by atoms with Gasteiger partial charge in [-0.2, -0.15) is 0 Å². The van der Waals surface area contributed by atoms with Crippen molar-refractivity contribution in [3.05, 3.63) is 58.3 Å². The monoisotopic (exact) mass is 359 g/mol. The maximum absolute atomic E-state index is 13.0. The maximum Gasteiger partial charge on any atom is 0.241 e. The van der Waals surface area contributed by atoms with E-state index in [1.54, 1.807) is 12.1 Å². The van der Waals surface area contributed by atoms with Crippen molar-refractivity contribution in [2.75, 3.05) is 0 Å². The van der Waals surface area contributed by atoms with Gasteiger partial charge in [0.05, 0.1) is 4.90 Å². The van der Waals surface area contributed by atoms with Crippen molar-refractivity contribution in [2.24, 2.45) is 0 Å². The van der Waals surface area contributed by atoms with E-state index in [4.69, 9.17) is 5.11 Å². The molecule has 0 saturated carbocycles. The molecule has 2 aromatic carbocycles. The molecule has 106 valence electrons. The molecule has 0 aliphatic heterocycles. The Hall–Kier alpha value is -1.44. The Labute approximate surface area is 124 Å². The highest BCUT2D eigenvalue weighted by molar-refractivity contribution is 9.10. The van der Waals surface area contributed by atoms with Gasteiger partial charge in [0, 0.05) is 11.0 Å². The standard InChI is InChI=1S/C13H11BrFNO3S/c14-12-7-10(15)3-6-13(12)20(18,19)16-8-9-1-4-11(17)5-2-9/h1-7,16-17H,8H2. The summed E-state index contributed by atoms with van der Waals surface area (Å²) in [4.78, 5) is -0.0299. The van der Waals surface area contributed by atoms with Crippen molar-refractivity contribution >= 4 is 26.0 Å². The normalized spacial score (nSPS) is 11.5. The van der Waals surface area contributed by atoms with Crippen LogP contribution in [0.25, 0.3) is 0 Å². The van der Waals surface area contributed by atoms with Gasteiger partial charge in [0.25, 0.3) is 0 Å². The largest absolute Gasteiger partial charge is 0.508 e. The third kappa shape index (κ3) is 3.56. The van der Waals surface area contributed by atoms with E-state index in [1.165, 1.54) is 18.2 Å². The average Bonchev–Trinajstić information content (AvgIpc) is 2.37. The number of aromatic hydroxyl groups is 1. The summed E-state index contributed by atoms with van der Waals surface area (Å²) >= 11 is 3.03. The minimum Gasteiger partial charge on any atom is -0.508 e. The topological polar surface area (TPSA) is 66.4 Å². The summed E-state index contributed by atoms with van der Waals surface area (Å²) in [5, 5.41) is 9.14. The number of benzene rings is 2. The molecular weight excluding hydrogens is 349 g/mol. The predicted molar refractivity (Wildman–Crippen MR) is 76.2 cm³/mol. The molecule has 0 spiro atoms. The third-order valence-electron chi connectivity index (χ3n) is 2.59. The van der Waals surface area contributed by atoms with E-state index < -0.39 is 15.8 Å². The number of rotatable bonds is 4. The molecule has 0 unspecified atom stereocenters. The second-order valence-electron chi connectivity index (χ2n) is 4.07. The van der Waals surface area contributed by atoms with Crippen LogP contribution in [0.5, 0.6) is 5.75 Å². The maximum atomic E-state index is 13.0. The van der Waals surface area contributed by atoms with Crippen LogP contribution >= 0.6 is 15.9 Å². The zero-order valence-electron chi connectivity index (χ0n) is 10.2. The highest BCUT2D eigenvalue weighted by Gasteiger charge is 2.17. The summed E-state index contributed by atoms with van der Waals surface area (Å²) in [5.74, 6) is -0.410. The summed E-state index contributed by atoms with van der Waals surface area (Å²) in [5.41, 5.74) is 0.699. The molecular formula is C13H11BrFNO3S. The first-order valence-electron chi connectivity index (χ1n) is 5.61. The summed E-state index contributed by atoms with van der Waals surface area (Å²) < 4.78 is 39.7. The van der Waals surface area contributed by atoms with Gasteiger partial charge in [0.2, 0.25) is 10.0 Å². The Bertz CT molecular complexity index is 717. The molecule has 0 aliphatic rings. The van der Waals surface area contributed by atoms with Crippen molar-refractivity contribution in [1.29, 1.82) is 0 Å². The van der Waals surface area contributed by atoms with Crippen LogP contribution in [0.15, 0.2) is 51.8 Å². The minimum atomic E-state index is -3.74. The van der Waals surface area contributed by atoms with E-state index in [1.807, 2.05) is 0 Å². The molecule has 20 heavy (non-hydrogen) atoms. The number of halogens is 2. The van der Waals surface area contributed by atoms with Gasteiger partial charge in [-0.3, -0.25) is 0 Å². The molecule has 0 radical (unpaired) electrons. The number of sulfonamides is 1. The number of phenols is 1. The summed E-state index contributed by atoms with van der Waals surface area (Å²) in [6.45, 7) is 0.0758. The Balaban J connectivity index is 2.17. The Morgan fingerprint density at radius 2 is 1.80 bits per heavy atom. The Kier molecular flexibility index (Phi) is 4.42. The van der Waals surface area contributed by atoms with Gasteiger partial charge in [0.1, 0.15) is 11.6 Å². The SMILES string of the molecule is O=S(=O)(NCc1ccc(O)cc1)c1ccc(F)cc1Br. The smallest absolute Gasteiger partial charge is 0.241 e. The second kappa shape index (κ2) is 5.90. The lowest BCUT2D eigenvalue weighted by molar-refractivity contribution is 0.475. The minimum absolute atomic E-state index is 0.0299. The first kappa shape index (κ1) is 15.0. The Morgan fingerprint density at radius 3 is 2.40 bits per heavy atom. The molecule has 0 heterocycles. The molecule has 0 atom stereocenters. The zero-order chi connectivity index (χ0) is 14.8. The molecule has 0 fully saturated rings. The molecule has 2 aromatic rings. The predicted octanol–water partition coefficient (Wildman–Crippen LogP) is 2.77. The van der Waals surface area contributed by atoms with Gasteiger partial charge in [-0.25, -0.2) is 17.5 Å². The highest BCUT2D eigenvalue weighted by atomic mass is 79.9. The van der Waals surface area contributed by atoms with Gasteiger partial charge < -0.3 is 5.11 Å². The first-order chi connectivity index (χ1) is 9.38. The lowest BCUT2D eigenvalue weighted by Gasteiger charge is -2.08. The van der Waals surface area contributed by atoms with Gasteiger partial charge in [0.15, 0.2) is 0 Å². The average molecular weight is 360 g/mol. The van der Waals surface area contributed by atoms with Crippen LogP contribution in [-0.4, -0.2) is 13.5 Å². The van der Waals surface area contributed by atoms with E-state index >= 15 is 0 Å². The number of nitrogens with one attached hydrogen (secondary N) is 1. The van der Waals surface area contributed by atoms with E-state index in [-0.39, 0.29) is 21.7 Å². The van der Waals surface area contributed by atoms with Crippen LogP contribution in [-0.2, 0) is 16.6 Å². The van der Waals surface area contributed by atoms with Crippen LogP contribution in [0.2, 0.25) is 0 Å². The van der Waals surface area contributed by atoms with E-state index in [0.29, 0.717) is 5.56 Å². The fourth-order valence-corrected chi connectivity index (χ4v) is 3.63. The third-order valence-corrected chi connectivity index (χ3v) is 4.96. The molecule has 0 aliphatic carbocycles. The van der Waals surface area contributed by atoms with Crippen LogP contribution in [0.1, 0.15) is 5.56 Å². The highest BCUT2D eigenvalue weighted by Crippen LogP contribution is 2.22. The van der Waals surface area contributed by atoms with Crippen molar-refractivity contribution in [3.63, 3.8) is 0 Å². The van der Waals surface area contributed by atoms with Gasteiger partial charge >= 0.3 is 0 Å². The van der Waals surface area contributed by atoms with Crippen LogP contribution in [0.3, 0.4) is 0 Å². The molecule has 0 aromatic heterocycles. The molecule has 0 amide bonds. The molecule has 2 rings (SSSR count). The number of hydrogen-bond acceptors (Lipinski definition) is 3. The molecule has 7 heteroatoms. The molecule has 2 N–H and O–H groups in total. The quantitative estimate of drug-likeness (QED) is 0.881. The van der Waals surface area contributed by atoms with Crippen LogP contribution in [0, 0.1) is 5.82 Å². The van der Waals surface area contributed by atoms with Gasteiger partial charge in [-0.15, -0.1) is 0 Å². The van der Waals surface area contributed by atoms with E-state index in [0.717, 1.165) is 12.1 Å². The fraction of sp³-hybridized carbons (Fsp3) is 0.0769. The second-order valence-corrected chi connectivity index (χ2v) is 6.66. The van der Waals surface area contributed by atoms with Crippen LogP contribution < -0.4 is 4.72 Å². The van der Waals surface area contributed by atoms with Crippen molar-refractivity contribution in [2.45, 2.75) is 11.4 Å². The van der Waals surface area contributed by atoms with Crippen molar-refractivity contribution in [1.82, 2.24) is 4.72 Å². The number of hydrogen-bond donors (Lipinski definition) is 2. The summed E-state index contributed by atoms with van der Waals surface area (Å²) in [6.07, 6.45) is 0. The summed E-state index contributed by atoms with van der Waals surface area (Å²) in [6, 6.07) is 9.53. The lowest BCUT2D eigenvalue weighted by Crippen LogP contribution is -2.23. The van der Waals surface area contributed by atoms with Crippen molar-refractivity contribution in [3.8, 4) is 5.75 Å². The lowest BCUT2D eigenvalue weighted by atomic mass is 10.2. The van der Waals surface area contributed by atoms with E-state index in [2.05, 4.69) is 20.7 Å². The summed E-state index contributed by atoms with van der Waals surface area (Å²) in [7, 11) is -3.74. The van der Waals surface area contributed by atoms with E-state index in [9.17, 15) is 12.8 Å². The molecule has 0 saturated heterocycles. The number of phenolic OH excluding ortho intramolecular Hbond substituents is 1. The first-order valence-corrected chi connectivity index (χ1v) is 7.89. The van der Waals surface area contributed by atoms with Crippen LogP contribution in [0.4, 0.5) is 4.39 Å². The van der Waals surface area contributed by atoms with Gasteiger partial charge in [-0.05, 0) is 51.8 Å². The van der Waals surface area contributed by atoms with Crippen molar-refractivity contribution < 1.29 is 17.9 Å². The van der Waals surface area contributed by atoms with Gasteiger partial charge in [-0.1, -0.05) is 12.1 Å². The molecule has 4 nitrogen and oxygen atoms in total. The Morgan fingerprint density at radius 1 is 1.15 bits per heavy atom. The zero-order valence-corrected chi connectivity index (χ0v) is 12.6.